The highest BCUT2D eigenvalue weighted by Gasteiger charge is 2.24. The van der Waals surface area contributed by atoms with Crippen LogP contribution in [0.1, 0.15) is 30.3 Å². The molecule has 2 N–H and O–H groups in total. The Morgan fingerprint density at radius 1 is 1.32 bits per heavy atom. The number of carbonyl (C=O) groups excluding carboxylic acids is 2. The summed E-state index contributed by atoms with van der Waals surface area (Å²) in [6.45, 7) is 2.66. The first-order chi connectivity index (χ1) is 9.06. The van der Waals surface area contributed by atoms with Gasteiger partial charge in [0.05, 0.1) is 0 Å². The molecule has 19 heavy (non-hydrogen) atoms. The molecule has 6 heteroatoms. The lowest BCUT2D eigenvalue weighted by atomic mass is 10.0. The summed E-state index contributed by atoms with van der Waals surface area (Å²) in [5, 5.41) is 2.86. The van der Waals surface area contributed by atoms with Crippen LogP contribution in [-0.2, 0) is 4.79 Å². The molecule has 0 unspecified atom stereocenters. The zero-order valence-corrected chi connectivity index (χ0v) is 10.8. The van der Waals surface area contributed by atoms with E-state index in [9.17, 15) is 14.4 Å². The molecule has 1 aromatic rings. The van der Waals surface area contributed by atoms with Crippen LogP contribution in [-0.4, -0.2) is 40.8 Å². The second-order valence-corrected chi connectivity index (χ2v) is 4.70. The number of piperidine rings is 1. The summed E-state index contributed by atoms with van der Waals surface area (Å²) in [6, 6.07) is 4.68. The first kappa shape index (κ1) is 13.3. The van der Waals surface area contributed by atoms with Gasteiger partial charge in [-0.15, -0.1) is 0 Å². The van der Waals surface area contributed by atoms with E-state index in [1.807, 2.05) is 0 Å². The van der Waals surface area contributed by atoms with Crippen molar-refractivity contribution in [2.24, 2.45) is 0 Å². The van der Waals surface area contributed by atoms with Crippen LogP contribution < -0.4 is 10.9 Å². The Morgan fingerprint density at radius 2 is 2.00 bits per heavy atom. The van der Waals surface area contributed by atoms with Crippen molar-refractivity contribution >= 4 is 11.8 Å². The summed E-state index contributed by atoms with van der Waals surface area (Å²) in [4.78, 5) is 38.5. The topological polar surface area (TPSA) is 82.3 Å². The van der Waals surface area contributed by atoms with Crippen molar-refractivity contribution in [2.45, 2.75) is 25.8 Å². The van der Waals surface area contributed by atoms with Gasteiger partial charge in [-0.3, -0.25) is 14.4 Å². The average molecular weight is 263 g/mol. The fraction of sp³-hybridized carbons (Fsp3) is 0.462. The number of rotatable bonds is 2. The van der Waals surface area contributed by atoms with Crippen molar-refractivity contribution in [3.8, 4) is 0 Å². The van der Waals surface area contributed by atoms with Crippen molar-refractivity contribution < 1.29 is 9.59 Å². The fourth-order valence-corrected chi connectivity index (χ4v) is 2.26. The van der Waals surface area contributed by atoms with E-state index in [2.05, 4.69) is 10.3 Å². The number of likely N-dealkylation sites (tertiary alicyclic amines) is 1. The molecule has 0 aromatic carbocycles. The molecule has 0 atom stereocenters. The zero-order valence-electron chi connectivity index (χ0n) is 10.8. The van der Waals surface area contributed by atoms with Gasteiger partial charge in [0, 0.05) is 32.1 Å². The maximum Gasteiger partial charge on any atom is 0.270 e. The molecule has 1 aromatic heterocycles. The lowest BCUT2D eigenvalue weighted by Crippen LogP contribution is -2.46. The quantitative estimate of drug-likeness (QED) is 0.795. The molecule has 0 radical (unpaired) electrons. The van der Waals surface area contributed by atoms with Gasteiger partial charge in [-0.1, -0.05) is 6.07 Å². The van der Waals surface area contributed by atoms with Gasteiger partial charge in [0.1, 0.15) is 5.69 Å². The number of amides is 2. The number of hydrogen-bond acceptors (Lipinski definition) is 3. The van der Waals surface area contributed by atoms with Crippen molar-refractivity contribution in [1.82, 2.24) is 15.2 Å². The number of aromatic amines is 1. The van der Waals surface area contributed by atoms with Crippen LogP contribution in [0.4, 0.5) is 0 Å². The Labute approximate surface area is 110 Å². The van der Waals surface area contributed by atoms with E-state index >= 15 is 0 Å². The molecule has 1 aliphatic heterocycles. The monoisotopic (exact) mass is 263 g/mol. The number of aromatic nitrogens is 1. The van der Waals surface area contributed by atoms with E-state index in [1.165, 1.54) is 13.0 Å². The summed E-state index contributed by atoms with van der Waals surface area (Å²) < 4.78 is 0. The molecular weight excluding hydrogens is 246 g/mol. The SMILES string of the molecule is CC(=O)NC1CCN(C(=O)c2cccc(=O)[nH]2)CC1. The van der Waals surface area contributed by atoms with Gasteiger partial charge in [-0.25, -0.2) is 0 Å². The van der Waals surface area contributed by atoms with Gasteiger partial charge in [-0.2, -0.15) is 0 Å². The molecular formula is C13H17N3O3. The molecule has 0 bridgehead atoms. The van der Waals surface area contributed by atoms with Crippen molar-refractivity contribution in [2.75, 3.05) is 13.1 Å². The van der Waals surface area contributed by atoms with Crippen LogP contribution in [0.2, 0.25) is 0 Å². The molecule has 0 aliphatic carbocycles. The zero-order chi connectivity index (χ0) is 13.8. The summed E-state index contributed by atoms with van der Waals surface area (Å²) in [5.41, 5.74) is 0.0319. The van der Waals surface area contributed by atoms with Gasteiger partial charge in [0.15, 0.2) is 0 Å². The normalized spacial score (nSPS) is 16.2. The summed E-state index contributed by atoms with van der Waals surface area (Å²) in [6.07, 6.45) is 1.48. The highest BCUT2D eigenvalue weighted by Crippen LogP contribution is 2.12. The van der Waals surface area contributed by atoms with Gasteiger partial charge in [-0.05, 0) is 18.9 Å². The number of pyridine rings is 1. The van der Waals surface area contributed by atoms with Crippen LogP contribution in [0, 0.1) is 0 Å². The number of nitrogens with one attached hydrogen (secondary N) is 2. The predicted molar refractivity (Wildman–Crippen MR) is 69.8 cm³/mol. The number of H-pyrrole nitrogens is 1. The Kier molecular flexibility index (Phi) is 3.99. The summed E-state index contributed by atoms with van der Waals surface area (Å²) in [7, 11) is 0. The van der Waals surface area contributed by atoms with E-state index in [0.29, 0.717) is 18.8 Å². The molecule has 0 saturated carbocycles. The van der Waals surface area contributed by atoms with E-state index < -0.39 is 0 Å². The smallest absolute Gasteiger partial charge is 0.270 e. The maximum absolute atomic E-state index is 12.1. The third-order valence-corrected chi connectivity index (χ3v) is 3.19. The summed E-state index contributed by atoms with van der Waals surface area (Å²) in [5.74, 6) is -0.212. The Balaban J connectivity index is 1.96. The van der Waals surface area contributed by atoms with Crippen LogP contribution in [0.5, 0.6) is 0 Å². The molecule has 1 saturated heterocycles. The molecule has 2 amide bonds. The third kappa shape index (κ3) is 3.43. The number of carbonyl (C=O) groups is 2. The Hall–Kier alpha value is -2.11. The van der Waals surface area contributed by atoms with Crippen molar-refractivity contribution in [1.29, 1.82) is 0 Å². The van der Waals surface area contributed by atoms with E-state index in [4.69, 9.17) is 0 Å². The summed E-state index contributed by atoms with van der Waals surface area (Å²) >= 11 is 0. The predicted octanol–water partition coefficient (Wildman–Crippen LogP) is 0.116. The Bertz CT molecular complexity index is 530. The second-order valence-electron chi connectivity index (χ2n) is 4.70. The highest BCUT2D eigenvalue weighted by molar-refractivity contribution is 5.92. The number of hydrogen-bond donors (Lipinski definition) is 2. The standard InChI is InChI=1S/C13H17N3O3/c1-9(17)14-10-5-7-16(8-6-10)13(19)11-3-2-4-12(18)15-11/h2-4,10H,5-8H2,1H3,(H,14,17)(H,15,18). The highest BCUT2D eigenvalue weighted by atomic mass is 16.2. The van der Waals surface area contributed by atoms with Gasteiger partial charge in [0.2, 0.25) is 11.5 Å². The molecule has 1 aliphatic rings. The van der Waals surface area contributed by atoms with Crippen LogP contribution in [0.25, 0.3) is 0 Å². The van der Waals surface area contributed by atoms with Crippen LogP contribution >= 0.6 is 0 Å². The van der Waals surface area contributed by atoms with Gasteiger partial charge >= 0.3 is 0 Å². The molecule has 6 nitrogen and oxygen atoms in total. The van der Waals surface area contributed by atoms with Crippen molar-refractivity contribution in [3.63, 3.8) is 0 Å². The maximum atomic E-state index is 12.1. The second kappa shape index (κ2) is 5.69. The van der Waals surface area contributed by atoms with E-state index in [0.717, 1.165) is 12.8 Å². The van der Waals surface area contributed by atoms with E-state index in [-0.39, 0.29) is 23.4 Å². The van der Waals surface area contributed by atoms with Gasteiger partial charge in [0.25, 0.3) is 5.91 Å². The molecule has 102 valence electrons. The molecule has 2 heterocycles. The molecule has 1 fully saturated rings. The lowest BCUT2D eigenvalue weighted by molar-refractivity contribution is -0.119. The molecule has 2 rings (SSSR count). The van der Waals surface area contributed by atoms with Crippen LogP contribution in [0.3, 0.4) is 0 Å². The minimum atomic E-state index is -0.279. The minimum absolute atomic E-state index is 0.0443. The fourth-order valence-electron chi connectivity index (χ4n) is 2.26. The first-order valence-corrected chi connectivity index (χ1v) is 6.32. The minimum Gasteiger partial charge on any atom is -0.353 e. The van der Waals surface area contributed by atoms with Crippen LogP contribution in [0.15, 0.2) is 23.0 Å². The average Bonchev–Trinajstić information content (AvgIpc) is 2.38. The van der Waals surface area contributed by atoms with Crippen molar-refractivity contribution in [3.05, 3.63) is 34.2 Å². The first-order valence-electron chi connectivity index (χ1n) is 6.32. The Morgan fingerprint density at radius 3 is 2.58 bits per heavy atom. The lowest BCUT2D eigenvalue weighted by Gasteiger charge is -2.32. The molecule has 0 spiro atoms. The van der Waals surface area contributed by atoms with E-state index in [1.54, 1.807) is 17.0 Å². The van der Waals surface area contributed by atoms with Gasteiger partial charge < -0.3 is 15.2 Å². The largest absolute Gasteiger partial charge is 0.353 e. The number of nitrogens with zero attached hydrogens (tertiary/aromatic N) is 1. The third-order valence-electron chi connectivity index (χ3n) is 3.19.